The number of benzene rings is 1. The normalized spacial score (nSPS) is 30.4. The zero-order valence-corrected chi connectivity index (χ0v) is 15.9. The van der Waals surface area contributed by atoms with Crippen molar-refractivity contribution in [1.82, 2.24) is 4.90 Å². The molecule has 0 amide bonds. The molecule has 1 saturated carbocycles. The Balaban J connectivity index is 1.50. The molecule has 3 rings (SSSR count). The van der Waals surface area contributed by atoms with Crippen LogP contribution < -0.4 is 4.74 Å². The van der Waals surface area contributed by atoms with E-state index in [9.17, 15) is 20.4 Å². The number of piperidine rings is 1. The smallest absolute Gasteiger partial charge is 0.119 e. The highest BCUT2D eigenvalue weighted by atomic mass is 16.5. The van der Waals surface area contributed by atoms with E-state index in [2.05, 4.69) is 12.1 Å². The van der Waals surface area contributed by atoms with Gasteiger partial charge in [0, 0.05) is 6.54 Å². The zero-order valence-electron chi connectivity index (χ0n) is 15.9. The molecule has 4 atom stereocenters. The minimum atomic E-state index is -1.20. The minimum absolute atomic E-state index is 0.240. The van der Waals surface area contributed by atoms with Gasteiger partial charge in [-0.2, -0.15) is 0 Å². The molecule has 1 aliphatic heterocycles. The number of aryl methyl sites for hydroxylation is 1. The van der Waals surface area contributed by atoms with Crippen LogP contribution in [0.25, 0.3) is 0 Å². The number of rotatable bonds is 7. The van der Waals surface area contributed by atoms with E-state index in [1.807, 2.05) is 17.0 Å². The lowest BCUT2D eigenvalue weighted by Gasteiger charge is -2.43. The van der Waals surface area contributed by atoms with E-state index >= 15 is 0 Å². The molecule has 1 saturated heterocycles. The second-order valence-electron chi connectivity index (χ2n) is 7.92. The van der Waals surface area contributed by atoms with Crippen molar-refractivity contribution in [1.29, 1.82) is 0 Å². The molecular weight excluding hydrogens is 346 g/mol. The number of hydrogen-bond acceptors (Lipinski definition) is 6. The number of hydrogen-bond donors (Lipinski definition) is 4. The molecule has 2 fully saturated rings. The van der Waals surface area contributed by atoms with Gasteiger partial charge in [0.25, 0.3) is 0 Å². The lowest BCUT2D eigenvalue weighted by Crippen LogP contribution is -2.62. The van der Waals surface area contributed by atoms with Gasteiger partial charge in [-0.1, -0.05) is 18.6 Å². The van der Waals surface area contributed by atoms with Crippen LogP contribution in [-0.2, 0) is 6.42 Å². The van der Waals surface area contributed by atoms with E-state index in [1.165, 1.54) is 24.8 Å². The maximum Gasteiger partial charge on any atom is 0.119 e. The summed E-state index contributed by atoms with van der Waals surface area (Å²) in [6.07, 6.45) is 4.78. The van der Waals surface area contributed by atoms with Crippen molar-refractivity contribution in [2.75, 3.05) is 19.7 Å². The van der Waals surface area contributed by atoms with Gasteiger partial charge >= 0.3 is 0 Å². The molecule has 152 valence electrons. The minimum Gasteiger partial charge on any atom is -0.490 e. The largest absolute Gasteiger partial charge is 0.490 e. The number of nitrogens with zero attached hydrogens (tertiary/aromatic N) is 1. The Bertz CT molecular complexity index is 577. The Morgan fingerprint density at radius 2 is 1.81 bits per heavy atom. The first kappa shape index (κ1) is 20.6. The molecule has 0 spiro atoms. The molecule has 1 aliphatic carbocycles. The van der Waals surface area contributed by atoms with Gasteiger partial charge in [-0.15, -0.1) is 0 Å². The van der Waals surface area contributed by atoms with Gasteiger partial charge in [-0.05, 0) is 62.8 Å². The first-order valence-corrected chi connectivity index (χ1v) is 10.2. The van der Waals surface area contributed by atoms with E-state index in [4.69, 9.17) is 4.74 Å². The zero-order chi connectivity index (χ0) is 19.2. The van der Waals surface area contributed by atoms with Gasteiger partial charge in [-0.25, -0.2) is 0 Å². The van der Waals surface area contributed by atoms with Crippen molar-refractivity contribution in [3.05, 3.63) is 29.8 Å². The monoisotopic (exact) mass is 379 g/mol. The summed E-state index contributed by atoms with van der Waals surface area (Å²) in [6.45, 7) is 0.656. The molecule has 0 unspecified atom stereocenters. The van der Waals surface area contributed by atoms with Gasteiger partial charge in [0.2, 0.25) is 0 Å². The third-order valence-electron chi connectivity index (χ3n) is 5.88. The van der Waals surface area contributed by atoms with Crippen molar-refractivity contribution >= 4 is 0 Å². The van der Waals surface area contributed by atoms with Crippen LogP contribution in [0.15, 0.2) is 24.3 Å². The van der Waals surface area contributed by atoms with E-state index in [1.54, 1.807) is 0 Å². The first-order chi connectivity index (χ1) is 13.1. The Morgan fingerprint density at radius 1 is 1.04 bits per heavy atom. The fourth-order valence-electron chi connectivity index (χ4n) is 4.27. The highest BCUT2D eigenvalue weighted by Crippen LogP contribution is 2.24. The van der Waals surface area contributed by atoms with Crippen LogP contribution in [0.4, 0.5) is 0 Å². The summed E-state index contributed by atoms with van der Waals surface area (Å²) in [6, 6.07) is 7.68. The summed E-state index contributed by atoms with van der Waals surface area (Å²) in [4.78, 5) is 1.87. The number of β-amino-alcohol motifs (C(OH)–C–C–N with tert-alkyl or cyclic N) is 1. The van der Waals surface area contributed by atoms with Crippen LogP contribution in [0, 0.1) is 0 Å². The third-order valence-corrected chi connectivity index (χ3v) is 5.88. The predicted octanol–water partition coefficient (Wildman–Crippen LogP) is 1.09. The van der Waals surface area contributed by atoms with Crippen LogP contribution in [0.3, 0.4) is 0 Å². The standard InChI is InChI=1S/C21H33NO5/c23-14-18-20(25)21(26)19(24)13-22(18)11-5-7-15-6-4-10-17(12-15)27-16-8-2-1-3-9-16/h4,6,10,12,16,18-21,23-26H,1-3,5,7-9,11,13-14H2/t18-,19+,20-,21-/m1/s1. The first-order valence-electron chi connectivity index (χ1n) is 10.2. The maximum absolute atomic E-state index is 10.1. The molecule has 6 nitrogen and oxygen atoms in total. The average Bonchev–Trinajstić information content (AvgIpc) is 2.67. The summed E-state index contributed by atoms with van der Waals surface area (Å²) in [5.41, 5.74) is 1.20. The molecule has 27 heavy (non-hydrogen) atoms. The number of aliphatic hydroxyl groups is 4. The van der Waals surface area contributed by atoms with Crippen molar-refractivity contribution in [2.45, 2.75) is 75.4 Å². The fraction of sp³-hybridized carbons (Fsp3) is 0.714. The summed E-state index contributed by atoms with van der Waals surface area (Å²) >= 11 is 0. The van der Waals surface area contributed by atoms with Crippen molar-refractivity contribution in [2.24, 2.45) is 0 Å². The van der Waals surface area contributed by atoms with Gasteiger partial charge in [0.1, 0.15) is 18.0 Å². The number of likely N-dealkylation sites (tertiary alicyclic amines) is 1. The van der Waals surface area contributed by atoms with E-state index in [0.29, 0.717) is 12.6 Å². The van der Waals surface area contributed by atoms with Crippen LogP contribution in [0.2, 0.25) is 0 Å². The fourth-order valence-corrected chi connectivity index (χ4v) is 4.27. The second-order valence-corrected chi connectivity index (χ2v) is 7.92. The summed E-state index contributed by atoms with van der Waals surface area (Å²) in [5, 5.41) is 39.3. The van der Waals surface area contributed by atoms with E-state index < -0.39 is 24.4 Å². The Kier molecular flexibility index (Phi) is 7.49. The molecule has 4 N–H and O–H groups in total. The van der Waals surface area contributed by atoms with Crippen LogP contribution in [-0.4, -0.2) is 75.5 Å². The van der Waals surface area contributed by atoms with Gasteiger partial charge in [-0.3, -0.25) is 4.90 Å². The van der Waals surface area contributed by atoms with Gasteiger partial charge in [0.15, 0.2) is 0 Å². The average molecular weight is 379 g/mol. The van der Waals surface area contributed by atoms with Gasteiger partial charge in [0.05, 0.1) is 24.9 Å². The molecule has 1 aromatic rings. The van der Waals surface area contributed by atoms with Gasteiger partial charge < -0.3 is 25.2 Å². The molecule has 1 aromatic carbocycles. The highest BCUT2D eigenvalue weighted by molar-refractivity contribution is 5.28. The lowest BCUT2D eigenvalue weighted by molar-refractivity contribution is -0.145. The maximum atomic E-state index is 10.1. The predicted molar refractivity (Wildman–Crippen MR) is 103 cm³/mol. The Morgan fingerprint density at radius 3 is 2.56 bits per heavy atom. The molecule has 2 aliphatic rings. The summed E-state index contributed by atoms with van der Waals surface area (Å²) in [5.74, 6) is 0.930. The highest BCUT2D eigenvalue weighted by Gasteiger charge is 2.40. The lowest BCUT2D eigenvalue weighted by atomic mass is 9.94. The van der Waals surface area contributed by atoms with Crippen LogP contribution >= 0.6 is 0 Å². The Hall–Kier alpha value is -1.18. The quantitative estimate of drug-likeness (QED) is 0.567. The van der Waals surface area contributed by atoms with Crippen molar-refractivity contribution in [3.8, 4) is 5.75 Å². The van der Waals surface area contributed by atoms with Crippen molar-refractivity contribution in [3.63, 3.8) is 0 Å². The molecular formula is C21H33NO5. The summed E-state index contributed by atoms with van der Waals surface area (Å²) in [7, 11) is 0. The molecule has 0 bridgehead atoms. The molecule has 6 heteroatoms. The topological polar surface area (TPSA) is 93.4 Å². The number of aliphatic hydroxyl groups excluding tert-OH is 4. The third kappa shape index (κ3) is 5.42. The Labute approximate surface area is 161 Å². The van der Waals surface area contributed by atoms with Crippen LogP contribution in [0.1, 0.15) is 44.1 Å². The molecule has 0 aromatic heterocycles. The van der Waals surface area contributed by atoms with Crippen LogP contribution in [0.5, 0.6) is 5.75 Å². The van der Waals surface area contributed by atoms with E-state index in [0.717, 1.165) is 31.4 Å². The van der Waals surface area contributed by atoms with Crippen molar-refractivity contribution < 1.29 is 25.2 Å². The SMILES string of the molecule is OC[C@@H]1[C@@H](O)[C@H](O)[C@@H](O)CN1CCCc1cccc(OC2CCCCC2)c1. The summed E-state index contributed by atoms with van der Waals surface area (Å²) < 4.78 is 6.13. The number of ether oxygens (including phenoxy) is 1. The van der Waals surface area contributed by atoms with E-state index in [-0.39, 0.29) is 13.2 Å². The molecule has 0 radical (unpaired) electrons. The molecule has 1 heterocycles. The second kappa shape index (κ2) is 9.85.